The lowest BCUT2D eigenvalue weighted by molar-refractivity contribution is 0.0693. The Labute approximate surface area is 115 Å². The first-order valence-electron chi connectivity index (χ1n) is 6.35. The number of hydrogen-bond acceptors (Lipinski definition) is 4. The molecule has 0 saturated heterocycles. The molecule has 7 heteroatoms. The average Bonchev–Trinajstić information content (AvgIpc) is 2.90. The fraction of sp³-hybridized carbons (Fsp3) is 0.231. The standard InChI is InChI=1S/C13H13BN2O4/c17-13(18)11-10(8-16-7-1-6-15-16)3-2-9-4-5-14(19)20-12(9)11/h1-3,6-7,19H,4-5,8H2,(H,17,18). The van der Waals surface area contributed by atoms with E-state index in [2.05, 4.69) is 5.10 Å². The van der Waals surface area contributed by atoms with E-state index in [1.54, 1.807) is 29.2 Å². The van der Waals surface area contributed by atoms with E-state index in [1.165, 1.54) is 0 Å². The molecule has 0 fully saturated rings. The third kappa shape index (κ3) is 2.27. The molecule has 0 aliphatic carbocycles. The molecule has 0 saturated carbocycles. The number of aryl methyl sites for hydroxylation is 1. The second-order valence-electron chi connectivity index (χ2n) is 4.71. The zero-order valence-electron chi connectivity index (χ0n) is 10.7. The molecule has 1 aliphatic heterocycles. The van der Waals surface area contributed by atoms with E-state index in [0.29, 0.717) is 24.8 Å². The Morgan fingerprint density at radius 3 is 3.05 bits per heavy atom. The molecule has 6 nitrogen and oxygen atoms in total. The van der Waals surface area contributed by atoms with Gasteiger partial charge in [-0.1, -0.05) is 12.1 Å². The topological polar surface area (TPSA) is 84.6 Å². The van der Waals surface area contributed by atoms with E-state index in [-0.39, 0.29) is 11.3 Å². The lowest BCUT2D eigenvalue weighted by Gasteiger charge is -2.23. The van der Waals surface area contributed by atoms with Gasteiger partial charge in [-0.3, -0.25) is 4.68 Å². The zero-order chi connectivity index (χ0) is 14.1. The van der Waals surface area contributed by atoms with E-state index in [9.17, 15) is 14.9 Å². The summed E-state index contributed by atoms with van der Waals surface area (Å²) < 4.78 is 6.98. The number of benzene rings is 1. The second-order valence-corrected chi connectivity index (χ2v) is 4.71. The molecule has 2 aromatic rings. The Morgan fingerprint density at radius 1 is 1.50 bits per heavy atom. The first-order chi connectivity index (χ1) is 9.65. The first-order valence-corrected chi connectivity index (χ1v) is 6.35. The van der Waals surface area contributed by atoms with Gasteiger partial charge < -0.3 is 14.8 Å². The van der Waals surface area contributed by atoms with Gasteiger partial charge in [-0.15, -0.1) is 0 Å². The summed E-state index contributed by atoms with van der Waals surface area (Å²) in [5.74, 6) is -0.779. The molecule has 0 radical (unpaired) electrons. The Morgan fingerprint density at radius 2 is 2.35 bits per heavy atom. The van der Waals surface area contributed by atoms with Crippen molar-refractivity contribution in [1.29, 1.82) is 0 Å². The molecular weight excluding hydrogens is 259 g/mol. The van der Waals surface area contributed by atoms with Crippen LogP contribution in [-0.2, 0) is 13.0 Å². The molecule has 0 spiro atoms. The normalized spacial score (nSPS) is 13.8. The number of hydrogen-bond donors (Lipinski definition) is 2. The number of aromatic carboxylic acids is 1. The molecule has 0 atom stereocenters. The molecule has 20 heavy (non-hydrogen) atoms. The Bertz CT molecular complexity index is 642. The van der Waals surface area contributed by atoms with Gasteiger partial charge in [-0.05, 0) is 29.9 Å². The number of rotatable bonds is 3. The summed E-state index contributed by atoms with van der Waals surface area (Å²) in [7, 11) is -0.944. The fourth-order valence-electron chi connectivity index (χ4n) is 2.41. The van der Waals surface area contributed by atoms with E-state index < -0.39 is 13.1 Å². The summed E-state index contributed by atoms with van der Waals surface area (Å²) in [6.45, 7) is 0.349. The summed E-state index contributed by atoms with van der Waals surface area (Å²) in [5, 5.41) is 23.1. The van der Waals surface area contributed by atoms with Crippen molar-refractivity contribution in [3.8, 4) is 5.75 Å². The Kier molecular flexibility index (Phi) is 3.19. The largest absolute Gasteiger partial charge is 0.535 e. The van der Waals surface area contributed by atoms with Crippen LogP contribution in [0.5, 0.6) is 5.75 Å². The highest BCUT2D eigenvalue weighted by atomic mass is 16.5. The molecule has 2 N–H and O–H groups in total. The Balaban J connectivity index is 2.06. The van der Waals surface area contributed by atoms with Crippen LogP contribution in [0.15, 0.2) is 30.6 Å². The van der Waals surface area contributed by atoms with Gasteiger partial charge in [0.05, 0.1) is 6.54 Å². The molecular formula is C13H13BN2O4. The molecule has 102 valence electrons. The monoisotopic (exact) mass is 272 g/mol. The Hall–Kier alpha value is -2.28. The minimum absolute atomic E-state index is 0.108. The van der Waals surface area contributed by atoms with Gasteiger partial charge in [0.25, 0.3) is 0 Å². The van der Waals surface area contributed by atoms with Crippen LogP contribution >= 0.6 is 0 Å². The average molecular weight is 272 g/mol. The molecule has 0 bridgehead atoms. The van der Waals surface area contributed by atoms with Crippen LogP contribution in [0.25, 0.3) is 0 Å². The van der Waals surface area contributed by atoms with Gasteiger partial charge in [-0.25, -0.2) is 4.79 Å². The van der Waals surface area contributed by atoms with Gasteiger partial charge in [-0.2, -0.15) is 5.10 Å². The minimum atomic E-state index is -1.06. The number of carboxylic acid groups (broad SMARTS) is 1. The number of aromatic nitrogens is 2. The number of carbonyl (C=O) groups is 1. The van der Waals surface area contributed by atoms with Crippen molar-refractivity contribution in [2.75, 3.05) is 0 Å². The molecule has 0 unspecified atom stereocenters. The van der Waals surface area contributed by atoms with Crippen LogP contribution < -0.4 is 4.65 Å². The summed E-state index contributed by atoms with van der Waals surface area (Å²) >= 11 is 0. The lowest BCUT2D eigenvalue weighted by atomic mass is 9.78. The summed E-state index contributed by atoms with van der Waals surface area (Å²) in [4.78, 5) is 11.5. The maximum Gasteiger partial charge on any atom is 0.522 e. The van der Waals surface area contributed by atoms with E-state index in [0.717, 1.165) is 5.56 Å². The van der Waals surface area contributed by atoms with Gasteiger partial charge in [0.2, 0.25) is 0 Å². The number of nitrogens with zero attached hydrogens (tertiary/aromatic N) is 2. The van der Waals surface area contributed by atoms with Crippen LogP contribution in [0.2, 0.25) is 6.32 Å². The van der Waals surface area contributed by atoms with E-state index in [1.807, 2.05) is 6.07 Å². The minimum Gasteiger partial charge on any atom is -0.535 e. The highest BCUT2D eigenvalue weighted by Gasteiger charge is 2.29. The SMILES string of the molecule is O=C(O)c1c(Cn2cccn2)ccc2c1OB(O)CC2. The van der Waals surface area contributed by atoms with Crippen molar-refractivity contribution in [3.63, 3.8) is 0 Å². The van der Waals surface area contributed by atoms with Crippen LogP contribution in [-0.4, -0.2) is 33.0 Å². The lowest BCUT2D eigenvalue weighted by Crippen LogP contribution is -2.28. The summed E-state index contributed by atoms with van der Waals surface area (Å²) in [6.07, 6.45) is 4.49. The second kappa shape index (κ2) is 5.01. The van der Waals surface area contributed by atoms with Crippen molar-refractivity contribution in [3.05, 3.63) is 47.3 Å². The van der Waals surface area contributed by atoms with E-state index in [4.69, 9.17) is 4.65 Å². The summed E-state index contributed by atoms with van der Waals surface area (Å²) in [5.41, 5.74) is 1.53. The van der Waals surface area contributed by atoms with E-state index >= 15 is 0 Å². The molecule has 1 aromatic heterocycles. The van der Waals surface area contributed by atoms with Crippen LogP contribution in [0.3, 0.4) is 0 Å². The molecule has 1 aliphatic rings. The van der Waals surface area contributed by atoms with Crippen molar-refractivity contribution in [2.45, 2.75) is 19.3 Å². The van der Waals surface area contributed by atoms with Crippen LogP contribution in [0, 0.1) is 0 Å². The third-order valence-corrected chi connectivity index (χ3v) is 3.35. The molecule has 3 rings (SSSR count). The maximum atomic E-state index is 11.5. The molecule has 2 heterocycles. The van der Waals surface area contributed by atoms with Crippen LogP contribution in [0.1, 0.15) is 21.5 Å². The van der Waals surface area contributed by atoms with Gasteiger partial charge in [0.1, 0.15) is 11.3 Å². The molecule has 0 amide bonds. The van der Waals surface area contributed by atoms with Gasteiger partial charge in [0.15, 0.2) is 0 Å². The van der Waals surface area contributed by atoms with Crippen molar-refractivity contribution < 1.29 is 19.6 Å². The third-order valence-electron chi connectivity index (χ3n) is 3.35. The maximum absolute atomic E-state index is 11.5. The molecule has 1 aromatic carbocycles. The highest BCUT2D eigenvalue weighted by Crippen LogP contribution is 2.33. The number of carboxylic acids is 1. The first kappa shape index (κ1) is 12.7. The van der Waals surface area contributed by atoms with Gasteiger partial charge in [0, 0.05) is 12.4 Å². The zero-order valence-corrected chi connectivity index (χ0v) is 10.7. The van der Waals surface area contributed by atoms with Crippen molar-refractivity contribution in [2.24, 2.45) is 0 Å². The smallest absolute Gasteiger partial charge is 0.522 e. The van der Waals surface area contributed by atoms with Gasteiger partial charge >= 0.3 is 13.1 Å². The van der Waals surface area contributed by atoms with Crippen LogP contribution in [0.4, 0.5) is 0 Å². The highest BCUT2D eigenvalue weighted by molar-refractivity contribution is 6.44. The van der Waals surface area contributed by atoms with Crippen molar-refractivity contribution in [1.82, 2.24) is 9.78 Å². The van der Waals surface area contributed by atoms with Crippen molar-refractivity contribution >= 4 is 13.1 Å². The predicted molar refractivity (Wildman–Crippen MR) is 71.8 cm³/mol. The fourth-order valence-corrected chi connectivity index (χ4v) is 2.41. The number of fused-ring (bicyclic) bond motifs is 1. The summed E-state index contributed by atoms with van der Waals surface area (Å²) in [6, 6.07) is 5.41. The predicted octanol–water partition coefficient (Wildman–Crippen LogP) is 1.04. The quantitative estimate of drug-likeness (QED) is 0.815.